The predicted octanol–water partition coefficient (Wildman–Crippen LogP) is 4.70. The first-order valence-electron chi connectivity index (χ1n) is 11.8. The Morgan fingerprint density at radius 2 is 1.53 bits per heavy atom. The van der Waals surface area contributed by atoms with E-state index in [1.54, 1.807) is 0 Å². The number of rotatable bonds is 9. The summed E-state index contributed by atoms with van der Waals surface area (Å²) in [5, 5.41) is 14.7. The van der Waals surface area contributed by atoms with Gasteiger partial charge in [0.15, 0.2) is 0 Å². The van der Waals surface area contributed by atoms with Crippen molar-refractivity contribution in [3.63, 3.8) is 0 Å². The number of hydrogen-bond donors (Lipinski definition) is 3. The number of fused-ring (bicyclic) bond motifs is 3. The molecule has 0 heterocycles. The normalized spacial score (nSPS) is 14.5. The molecule has 7 nitrogen and oxygen atoms in total. The number of unbranched alkanes of at least 4 members (excludes halogenated alkanes) is 1. The van der Waals surface area contributed by atoms with Crippen LogP contribution in [0.3, 0.4) is 0 Å². The highest BCUT2D eigenvalue weighted by Crippen LogP contribution is 2.44. The van der Waals surface area contributed by atoms with E-state index in [4.69, 9.17) is 4.74 Å². The molecule has 0 aromatic heterocycles. The summed E-state index contributed by atoms with van der Waals surface area (Å²) in [6, 6.07) is 14.2. The monoisotopic (exact) mass is 466 g/mol. The van der Waals surface area contributed by atoms with Gasteiger partial charge < -0.3 is 20.5 Å². The maximum Gasteiger partial charge on any atom is 0.407 e. The number of benzene rings is 2. The zero-order valence-electron chi connectivity index (χ0n) is 20.3. The number of nitrogens with one attached hydrogen (secondary N) is 2. The van der Waals surface area contributed by atoms with Crippen LogP contribution in [0.1, 0.15) is 64.0 Å². The average Bonchev–Trinajstić information content (AvgIpc) is 3.11. The fraction of sp³-hybridized carbons (Fsp3) is 0.444. The molecule has 0 unspecified atom stereocenters. The topological polar surface area (TPSA) is 105 Å². The van der Waals surface area contributed by atoms with E-state index in [1.807, 2.05) is 64.1 Å². The van der Waals surface area contributed by atoms with Gasteiger partial charge in [-0.1, -0.05) is 89.1 Å². The molecule has 2 amide bonds. The summed E-state index contributed by atoms with van der Waals surface area (Å²) in [7, 11) is 0. The Kier molecular flexibility index (Phi) is 7.97. The van der Waals surface area contributed by atoms with Crippen molar-refractivity contribution in [2.75, 3.05) is 6.61 Å². The van der Waals surface area contributed by atoms with E-state index >= 15 is 0 Å². The number of carbonyl (C=O) groups excluding carboxylic acids is 2. The Morgan fingerprint density at radius 1 is 0.971 bits per heavy atom. The van der Waals surface area contributed by atoms with Gasteiger partial charge in [0.1, 0.15) is 18.7 Å². The molecule has 3 rings (SSSR count). The molecule has 2 aromatic carbocycles. The SMILES string of the molecule is CCCC[C@H](NC(=O)[C@@H](NC(=O)OCC1c2ccccc2-c2ccccc21)C(C)(C)C)C(=O)O. The summed E-state index contributed by atoms with van der Waals surface area (Å²) < 4.78 is 5.59. The number of hydrogen-bond acceptors (Lipinski definition) is 4. The van der Waals surface area contributed by atoms with E-state index < -0.39 is 35.5 Å². The summed E-state index contributed by atoms with van der Waals surface area (Å²) in [5.41, 5.74) is 3.81. The van der Waals surface area contributed by atoms with Crippen LogP contribution in [0.5, 0.6) is 0 Å². The van der Waals surface area contributed by atoms with Crippen molar-refractivity contribution >= 4 is 18.0 Å². The van der Waals surface area contributed by atoms with Crippen molar-refractivity contribution in [1.82, 2.24) is 10.6 Å². The lowest BCUT2D eigenvalue weighted by Gasteiger charge is -2.31. The quantitative estimate of drug-likeness (QED) is 0.497. The van der Waals surface area contributed by atoms with Crippen LogP contribution in [0.4, 0.5) is 4.79 Å². The molecule has 0 saturated carbocycles. The van der Waals surface area contributed by atoms with Crippen LogP contribution < -0.4 is 10.6 Å². The summed E-state index contributed by atoms with van der Waals surface area (Å²) >= 11 is 0. The Morgan fingerprint density at radius 3 is 2.03 bits per heavy atom. The molecular formula is C27H34N2O5. The second-order valence-electron chi connectivity index (χ2n) is 9.81. The number of carbonyl (C=O) groups is 3. The number of aliphatic carboxylic acids is 1. The number of amides is 2. The second-order valence-corrected chi connectivity index (χ2v) is 9.81. The molecule has 0 spiro atoms. The van der Waals surface area contributed by atoms with E-state index in [0.717, 1.165) is 28.7 Å². The first kappa shape index (κ1) is 25.3. The standard InChI is InChI=1S/C27H34N2O5/c1-5-6-15-22(25(31)32)28-24(30)23(27(2,3)4)29-26(33)34-16-21-19-13-9-7-11-17(19)18-12-8-10-14-20(18)21/h7-14,21-23H,5-6,15-16H2,1-4H3,(H,28,30)(H,29,33)(H,31,32)/t22-,23+/m0/s1. The lowest BCUT2D eigenvalue weighted by molar-refractivity contribution is -0.142. The Hall–Kier alpha value is -3.35. The largest absolute Gasteiger partial charge is 0.480 e. The van der Waals surface area contributed by atoms with Crippen LogP contribution in [0.15, 0.2) is 48.5 Å². The van der Waals surface area contributed by atoms with E-state index in [9.17, 15) is 19.5 Å². The van der Waals surface area contributed by atoms with Gasteiger partial charge in [0, 0.05) is 5.92 Å². The van der Waals surface area contributed by atoms with Crippen LogP contribution in [0.2, 0.25) is 0 Å². The summed E-state index contributed by atoms with van der Waals surface area (Å²) in [6.07, 6.45) is 1.12. The highest BCUT2D eigenvalue weighted by Gasteiger charge is 2.36. The zero-order chi connectivity index (χ0) is 24.9. The first-order valence-corrected chi connectivity index (χ1v) is 11.8. The van der Waals surface area contributed by atoms with Gasteiger partial charge in [0.2, 0.25) is 5.91 Å². The molecule has 3 N–H and O–H groups in total. The molecule has 2 atom stereocenters. The third-order valence-electron chi connectivity index (χ3n) is 6.20. The minimum Gasteiger partial charge on any atom is -0.480 e. The van der Waals surface area contributed by atoms with Gasteiger partial charge in [-0.05, 0) is 34.1 Å². The Labute approximate surface area is 200 Å². The Bertz CT molecular complexity index is 998. The highest BCUT2D eigenvalue weighted by atomic mass is 16.5. The number of ether oxygens (including phenoxy) is 1. The fourth-order valence-corrected chi connectivity index (χ4v) is 4.35. The second kappa shape index (κ2) is 10.7. The minimum absolute atomic E-state index is 0.0921. The molecule has 0 saturated heterocycles. The van der Waals surface area contributed by atoms with Crippen LogP contribution >= 0.6 is 0 Å². The van der Waals surface area contributed by atoms with Crippen molar-refractivity contribution in [2.45, 2.75) is 65.0 Å². The van der Waals surface area contributed by atoms with Crippen LogP contribution in [0.25, 0.3) is 11.1 Å². The summed E-state index contributed by atoms with van der Waals surface area (Å²) in [6.45, 7) is 7.51. The molecule has 1 aliphatic carbocycles. The molecule has 0 radical (unpaired) electrons. The van der Waals surface area contributed by atoms with Gasteiger partial charge in [-0.3, -0.25) is 4.79 Å². The van der Waals surface area contributed by atoms with Crippen molar-refractivity contribution in [1.29, 1.82) is 0 Å². The van der Waals surface area contributed by atoms with Gasteiger partial charge >= 0.3 is 12.1 Å². The van der Waals surface area contributed by atoms with Crippen molar-refractivity contribution in [2.24, 2.45) is 5.41 Å². The fourth-order valence-electron chi connectivity index (χ4n) is 4.35. The van der Waals surface area contributed by atoms with Crippen LogP contribution in [-0.4, -0.2) is 41.8 Å². The molecule has 1 aliphatic rings. The Balaban J connectivity index is 1.68. The maximum atomic E-state index is 12.9. The van der Waals surface area contributed by atoms with Gasteiger partial charge in [0.05, 0.1) is 0 Å². The van der Waals surface area contributed by atoms with Crippen molar-refractivity contribution < 1.29 is 24.2 Å². The lowest BCUT2D eigenvalue weighted by Crippen LogP contribution is -2.56. The molecule has 0 fully saturated rings. The summed E-state index contributed by atoms with van der Waals surface area (Å²) in [5.74, 6) is -1.72. The highest BCUT2D eigenvalue weighted by molar-refractivity contribution is 5.90. The van der Waals surface area contributed by atoms with Crippen molar-refractivity contribution in [3.8, 4) is 11.1 Å². The molecule has 34 heavy (non-hydrogen) atoms. The van der Waals surface area contributed by atoms with E-state index in [-0.39, 0.29) is 12.5 Å². The first-order chi connectivity index (χ1) is 16.1. The number of alkyl carbamates (subject to hydrolysis) is 1. The zero-order valence-corrected chi connectivity index (χ0v) is 20.3. The molecule has 182 valence electrons. The van der Waals surface area contributed by atoms with E-state index in [2.05, 4.69) is 22.8 Å². The molecule has 2 aromatic rings. The van der Waals surface area contributed by atoms with Gasteiger partial charge in [-0.2, -0.15) is 0 Å². The predicted molar refractivity (Wildman–Crippen MR) is 131 cm³/mol. The van der Waals surface area contributed by atoms with Crippen LogP contribution in [0, 0.1) is 5.41 Å². The van der Waals surface area contributed by atoms with Gasteiger partial charge in [-0.15, -0.1) is 0 Å². The molecule has 0 aliphatic heterocycles. The third kappa shape index (κ3) is 5.76. The molecule has 7 heteroatoms. The minimum atomic E-state index is -1.09. The van der Waals surface area contributed by atoms with E-state index in [1.165, 1.54) is 0 Å². The van der Waals surface area contributed by atoms with Crippen LogP contribution in [-0.2, 0) is 14.3 Å². The smallest absolute Gasteiger partial charge is 0.407 e. The number of carboxylic acid groups (broad SMARTS) is 1. The number of carboxylic acids is 1. The molecular weight excluding hydrogens is 432 g/mol. The average molecular weight is 467 g/mol. The molecule has 0 bridgehead atoms. The van der Waals surface area contributed by atoms with Crippen molar-refractivity contribution in [3.05, 3.63) is 59.7 Å². The van der Waals surface area contributed by atoms with Gasteiger partial charge in [-0.25, -0.2) is 9.59 Å². The van der Waals surface area contributed by atoms with Gasteiger partial charge in [0.25, 0.3) is 0 Å². The summed E-state index contributed by atoms with van der Waals surface area (Å²) in [4.78, 5) is 37.3. The lowest BCUT2D eigenvalue weighted by atomic mass is 9.86. The maximum absolute atomic E-state index is 12.9. The third-order valence-corrected chi connectivity index (χ3v) is 6.20. The van der Waals surface area contributed by atoms with E-state index in [0.29, 0.717) is 12.8 Å².